The van der Waals surface area contributed by atoms with E-state index < -0.39 is 0 Å². The van der Waals surface area contributed by atoms with Gasteiger partial charge < -0.3 is 5.32 Å². The second kappa shape index (κ2) is 7.09. The Morgan fingerprint density at radius 1 is 1.24 bits per heavy atom. The van der Waals surface area contributed by atoms with Crippen molar-refractivity contribution >= 4 is 38.3 Å². The first-order valence-electron chi connectivity index (χ1n) is 7.87. The van der Waals surface area contributed by atoms with Crippen molar-refractivity contribution in [2.75, 3.05) is 5.32 Å². The minimum absolute atomic E-state index is 0.0738. The van der Waals surface area contributed by atoms with Crippen molar-refractivity contribution in [3.05, 3.63) is 50.6 Å². The third-order valence-corrected chi connectivity index (χ3v) is 5.57. The Kier molecular flexibility index (Phi) is 5.06. The first kappa shape index (κ1) is 17.8. The van der Waals surface area contributed by atoms with Gasteiger partial charge in [-0.15, -0.1) is 11.3 Å². The highest BCUT2D eigenvalue weighted by Gasteiger charge is 2.16. The zero-order chi connectivity index (χ0) is 18.1. The highest BCUT2D eigenvalue weighted by Crippen LogP contribution is 2.31. The summed E-state index contributed by atoms with van der Waals surface area (Å²) in [4.78, 5) is 18.1. The fourth-order valence-corrected chi connectivity index (χ4v) is 3.84. The van der Waals surface area contributed by atoms with Gasteiger partial charge in [-0.05, 0) is 32.9 Å². The average Bonchev–Trinajstić information content (AvgIpc) is 3.02. The Morgan fingerprint density at radius 2 is 1.92 bits per heavy atom. The summed E-state index contributed by atoms with van der Waals surface area (Å²) in [5, 5.41) is 7.90. The van der Waals surface area contributed by atoms with Crippen LogP contribution >= 0.6 is 27.3 Å². The number of amides is 1. The lowest BCUT2D eigenvalue weighted by Gasteiger charge is -2.03. The van der Waals surface area contributed by atoms with Crippen molar-refractivity contribution in [3.63, 3.8) is 0 Å². The van der Waals surface area contributed by atoms with Gasteiger partial charge in [-0.25, -0.2) is 4.98 Å². The van der Waals surface area contributed by atoms with Gasteiger partial charge in [0.05, 0.1) is 17.8 Å². The minimum atomic E-state index is -0.0738. The zero-order valence-electron chi connectivity index (χ0n) is 14.6. The van der Waals surface area contributed by atoms with Crippen LogP contribution in [-0.4, -0.2) is 20.7 Å². The molecule has 0 saturated heterocycles. The molecule has 7 heteroatoms. The van der Waals surface area contributed by atoms with Gasteiger partial charge in [-0.3, -0.25) is 9.48 Å². The molecule has 1 amide bonds. The Labute approximate surface area is 159 Å². The summed E-state index contributed by atoms with van der Waals surface area (Å²) in [5.41, 5.74) is 4.82. The van der Waals surface area contributed by atoms with Crippen molar-refractivity contribution < 1.29 is 4.79 Å². The minimum Gasteiger partial charge on any atom is -0.302 e. The van der Waals surface area contributed by atoms with Crippen LogP contribution in [0.3, 0.4) is 0 Å². The molecular formula is C18H19BrN4OS. The maximum absolute atomic E-state index is 12.4. The van der Waals surface area contributed by atoms with E-state index in [1.807, 2.05) is 52.1 Å². The second-order valence-electron chi connectivity index (χ2n) is 5.93. The maximum Gasteiger partial charge on any atom is 0.230 e. The molecule has 0 saturated carbocycles. The number of benzene rings is 1. The number of hydrogen-bond acceptors (Lipinski definition) is 4. The summed E-state index contributed by atoms with van der Waals surface area (Å²) in [5.74, 6) is -0.0738. The molecule has 0 aliphatic rings. The quantitative estimate of drug-likeness (QED) is 0.682. The van der Waals surface area contributed by atoms with Gasteiger partial charge in [0.25, 0.3) is 0 Å². The van der Waals surface area contributed by atoms with Gasteiger partial charge in [0, 0.05) is 33.2 Å². The van der Waals surface area contributed by atoms with Crippen LogP contribution in [0.1, 0.15) is 21.8 Å². The molecule has 0 radical (unpaired) electrons. The van der Waals surface area contributed by atoms with E-state index in [2.05, 4.69) is 31.3 Å². The van der Waals surface area contributed by atoms with Gasteiger partial charge in [0.15, 0.2) is 5.13 Å². The molecule has 0 aliphatic heterocycles. The van der Waals surface area contributed by atoms with E-state index in [0.29, 0.717) is 11.6 Å². The lowest BCUT2D eigenvalue weighted by atomic mass is 10.1. The number of halogens is 1. The molecule has 0 aliphatic carbocycles. The van der Waals surface area contributed by atoms with Gasteiger partial charge in [-0.2, -0.15) is 5.10 Å². The van der Waals surface area contributed by atoms with E-state index >= 15 is 0 Å². The molecule has 0 spiro atoms. The number of thiazole rings is 1. The van der Waals surface area contributed by atoms with Gasteiger partial charge in [0.1, 0.15) is 0 Å². The molecule has 5 nitrogen and oxygen atoms in total. The smallest absolute Gasteiger partial charge is 0.230 e. The summed E-state index contributed by atoms with van der Waals surface area (Å²) < 4.78 is 2.83. The van der Waals surface area contributed by atoms with Gasteiger partial charge in [0.2, 0.25) is 5.91 Å². The summed E-state index contributed by atoms with van der Waals surface area (Å²) in [7, 11) is 1.89. The summed E-state index contributed by atoms with van der Waals surface area (Å²) >= 11 is 4.93. The summed E-state index contributed by atoms with van der Waals surface area (Å²) in [6.07, 6.45) is 0.303. The average molecular weight is 419 g/mol. The summed E-state index contributed by atoms with van der Waals surface area (Å²) in [6.45, 7) is 5.91. The molecule has 2 heterocycles. The number of anilines is 1. The molecule has 0 atom stereocenters. The van der Waals surface area contributed by atoms with Crippen LogP contribution in [0.15, 0.2) is 28.7 Å². The first-order valence-corrected chi connectivity index (χ1v) is 9.48. The normalized spacial score (nSPS) is 10.9. The van der Waals surface area contributed by atoms with E-state index in [1.54, 1.807) is 4.68 Å². The van der Waals surface area contributed by atoms with E-state index in [0.717, 1.165) is 37.6 Å². The third-order valence-electron chi connectivity index (χ3n) is 4.16. The number of carbonyl (C=O) groups is 1. The van der Waals surface area contributed by atoms with E-state index in [1.165, 1.54) is 11.3 Å². The standard InChI is InChI=1S/C18H19BrN4OS/c1-10-15(11(2)23(4)22-10)9-16(24)20-18-21-17(12(3)25-18)13-5-7-14(19)8-6-13/h5-8H,9H2,1-4H3,(H,20,21,24). The molecule has 0 bridgehead atoms. The van der Waals surface area contributed by atoms with Gasteiger partial charge >= 0.3 is 0 Å². The van der Waals surface area contributed by atoms with Crippen LogP contribution in [0, 0.1) is 20.8 Å². The molecule has 1 aromatic carbocycles. The van der Waals surface area contributed by atoms with E-state index in [4.69, 9.17) is 0 Å². The van der Waals surface area contributed by atoms with Crippen LogP contribution in [0.5, 0.6) is 0 Å². The number of hydrogen-bond donors (Lipinski definition) is 1. The number of aryl methyl sites for hydroxylation is 3. The topological polar surface area (TPSA) is 59.8 Å². The molecule has 2 aromatic heterocycles. The number of nitrogens with zero attached hydrogens (tertiary/aromatic N) is 3. The molecule has 0 fully saturated rings. The lowest BCUT2D eigenvalue weighted by Crippen LogP contribution is -2.15. The molecule has 130 valence electrons. The van der Waals surface area contributed by atoms with Gasteiger partial charge in [-0.1, -0.05) is 28.1 Å². The van der Waals surface area contributed by atoms with Crippen molar-refractivity contribution in [1.29, 1.82) is 0 Å². The van der Waals surface area contributed by atoms with Crippen LogP contribution in [0.25, 0.3) is 11.3 Å². The van der Waals surface area contributed by atoms with Crippen LogP contribution in [-0.2, 0) is 18.3 Å². The Morgan fingerprint density at radius 3 is 2.52 bits per heavy atom. The zero-order valence-corrected chi connectivity index (χ0v) is 17.0. The second-order valence-corrected chi connectivity index (χ2v) is 8.05. The molecular weight excluding hydrogens is 400 g/mol. The number of carbonyl (C=O) groups excluding carboxylic acids is 1. The molecule has 1 N–H and O–H groups in total. The SMILES string of the molecule is Cc1nn(C)c(C)c1CC(=O)Nc1nc(-c2ccc(Br)cc2)c(C)s1. The number of aromatic nitrogens is 3. The molecule has 25 heavy (non-hydrogen) atoms. The number of nitrogens with one attached hydrogen (secondary N) is 1. The van der Waals surface area contributed by atoms with Crippen molar-refractivity contribution in [2.45, 2.75) is 27.2 Å². The van der Waals surface area contributed by atoms with Crippen molar-refractivity contribution in [1.82, 2.24) is 14.8 Å². The Balaban J connectivity index is 1.76. The third kappa shape index (κ3) is 3.82. The highest BCUT2D eigenvalue weighted by molar-refractivity contribution is 9.10. The largest absolute Gasteiger partial charge is 0.302 e. The number of rotatable bonds is 4. The van der Waals surface area contributed by atoms with Crippen molar-refractivity contribution in [3.8, 4) is 11.3 Å². The Bertz CT molecular complexity index is 927. The first-order chi connectivity index (χ1) is 11.8. The van der Waals surface area contributed by atoms with Crippen molar-refractivity contribution in [2.24, 2.45) is 7.05 Å². The monoisotopic (exact) mass is 418 g/mol. The lowest BCUT2D eigenvalue weighted by molar-refractivity contribution is -0.115. The fraction of sp³-hybridized carbons (Fsp3) is 0.278. The van der Waals surface area contributed by atoms with Crippen LogP contribution in [0.2, 0.25) is 0 Å². The fourth-order valence-electron chi connectivity index (χ4n) is 2.72. The van der Waals surface area contributed by atoms with Crippen LogP contribution in [0.4, 0.5) is 5.13 Å². The predicted octanol–water partition coefficient (Wildman–Crippen LogP) is 4.41. The van der Waals surface area contributed by atoms with E-state index in [-0.39, 0.29) is 5.91 Å². The predicted molar refractivity (Wildman–Crippen MR) is 105 cm³/mol. The Hall–Kier alpha value is -1.99. The van der Waals surface area contributed by atoms with E-state index in [9.17, 15) is 4.79 Å². The molecule has 0 unspecified atom stereocenters. The summed E-state index contributed by atoms with van der Waals surface area (Å²) in [6, 6.07) is 8.00. The van der Waals surface area contributed by atoms with Crippen LogP contribution < -0.4 is 5.32 Å². The highest BCUT2D eigenvalue weighted by atomic mass is 79.9. The molecule has 3 aromatic rings. The maximum atomic E-state index is 12.4. The molecule has 3 rings (SSSR count).